The van der Waals surface area contributed by atoms with E-state index in [1.54, 1.807) is 6.20 Å². The molecule has 1 aromatic carbocycles. The molecule has 3 rings (SSSR count). The van der Waals surface area contributed by atoms with Gasteiger partial charge in [0.2, 0.25) is 0 Å². The molecule has 0 unspecified atom stereocenters. The lowest BCUT2D eigenvalue weighted by Crippen LogP contribution is -2.29. The number of benzene rings is 1. The molecule has 0 bridgehead atoms. The number of nitrogens with zero attached hydrogens (tertiary/aromatic N) is 2. The summed E-state index contributed by atoms with van der Waals surface area (Å²) in [7, 11) is 0. The Balaban J connectivity index is 1.91. The summed E-state index contributed by atoms with van der Waals surface area (Å²) in [5, 5.41) is 6.76. The van der Waals surface area contributed by atoms with E-state index in [1.807, 2.05) is 0 Å². The van der Waals surface area contributed by atoms with Crippen molar-refractivity contribution < 1.29 is 0 Å². The lowest BCUT2D eigenvalue weighted by molar-refractivity contribution is 0.578. The van der Waals surface area contributed by atoms with Crippen molar-refractivity contribution in [1.29, 1.82) is 0 Å². The van der Waals surface area contributed by atoms with E-state index in [4.69, 9.17) is 5.73 Å². The van der Waals surface area contributed by atoms with Crippen molar-refractivity contribution in [2.24, 2.45) is 0 Å². The Morgan fingerprint density at radius 2 is 2.00 bits per heavy atom. The average molecular weight is 242 g/mol. The van der Waals surface area contributed by atoms with Crippen LogP contribution in [0.25, 0.3) is 11.1 Å². The fraction of sp³-hybridized carbons (Fsp3) is 0.357. The van der Waals surface area contributed by atoms with E-state index in [-0.39, 0.29) is 0 Å². The van der Waals surface area contributed by atoms with Crippen molar-refractivity contribution in [1.82, 2.24) is 10.2 Å². The molecule has 0 radical (unpaired) electrons. The van der Waals surface area contributed by atoms with Gasteiger partial charge in [0.1, 0.15) is 5.82 Å². The van der Waals surface area contributed by atoms with E-state index in [1.165, 1.54) is 24.9 Å². The number of hydrogen-bond acceptors (Lipinski definition) is 3. The largest absolute Gasteiger partial charge is 0.384 e. The average Bonchev–Trinajstić information content (AvgIpc) is 2.86. The number of H-pyrrole nitrogens is 1. The van der Waals surface area contributed by atoms with Gasteiger partial charge in [-0.05, 0) is 37.0 Å². The highest BCUT2D eigenvalue weighted by Crippen LogP contribution is 2.28. The van der Waals surface area contributed by atoms with Gasteiger partial charge >= 0.3 is 0 Å². The second-order valence-electron chi connectivity index (χ2n) is 4.80. The highest BCUT2D eigenvalue weighted by molar-refractivity contribution is 5.75. The maximum absolute atomic E-state index is 5.87. The Hall–Kier alpha value is -1.97. The summed E-state index contributed by atoms with van der Waals surface area (Å²) in [6.45, 7) is 2.31. The predicted molar refractivity (Wildman–Crippen MR) is 74.5 cm³/mol. The van der Waals surface area contributed by atoms with Crippen LogP contribution in [-0.4, -0.2) is 23.3 Å². The Labute approximate surface area is 107 Å². The molecule has 1 fully saturated rings. The minimum Gasteiger partial charge on any atom is -0.384 e. The maximum atomic E-state index is 5.87. The fourth-order valence-corrected chi connectivity index (χ4v) is 2.55. The van der Waals surface area contributed by atoms with Crippen LogP contribution in [0.2, 0.25) is 0 Å². The molecule has 0 aliphatic carbocycles. The monoisotopic (exact) mass is 242 g/mol. The van der Waals surface area contributed by atoms with Gasteiger partial charge in [0, 0.05) is 24.3 Å². The van der Waals surface area contributed by atoms with Crippen LogP contribution < -0.4 is 10.6 Å². The van der Waals surface area contributed by atoms with Gasteiger partial charge in [-0.2, -0.15) is 5.10 Å². The standard InChI is InChI=1S/C14H18N4/c15-14-13(10-16-17-14)11-5-4-6-12(9-11)18-7-2-1-3-8-18/h4-6,9-10H,1-3,7-8H2,(H3,15,16,17). The molecule has 94 valence electrons. The van der Waals surface area contributed by atoms with Crippen LogP contribution in [0.1, 0.15) is 19.3 Å². The Morgan fingerprint density at radius 1 is 1.17 bits per heavy atom. The normalized spacial score (nSPS) is 15.9. The van der Waals surface area contributed by atoms with Gasteiger partial charge in [0.05, 0.1) is 6.20 Å². The van der Waals surface area contributed by atoms with Crippen LogP contribution >= 0.6 is 0 Å². The summed E-state index contributed by atoms with van der Waals surface area (Å²) in [6.07, 6.45) is 5.71. The summed E-state index contributed by atoms with van der Waals surface area (Å²) in [4.78, 5) is 2.45. The van der Waals surface area contributed by atoms with Gasteiger partial charge in [-0.15, -0.1) is 0 Å². The summed E-state index contributed by atoms with van der Waals surface area (Å²) in [6, 6.07) is 8.54. The van der Waals surface area contributed by atoms with Gasteiger partial charge in [-0.25, -0.2) is 0 Å². The van der Waals surface area contributed by atoms with Gasteiger partial charge < -0.3 is 10.6 Å². The SMILES string of the molecule is Nc1[nH]ncc1-c1cccc(N2CCCCC2)c1. The van der Waals surface area contributed by atoms with Crippen molar-refractivity contribution >= 4 is 11.5 Å². The van der Waals surface area contributed by atoms with E-state index >= 15 is 0 Å². The van der Waals surface area contributed by atoms with E-state index in [2.05, 4.69) is 39.4 Å². The molecule has 2 aromatic rings. The number of nitrogens with two attached hydrogens (primary N) is 1. The lowest BCUT2D eigenvalue weighted by atomic mass is 10.1. The highest BCUT2D eigenvalue weighted by atomic mass is 15.1. The number of rotatable bonds is 2. The molecule has 2 heterocycles. The van der Waals surface area contributed by atoms with Gasteiger partial charge in [-0.1, -0.05) is 12.1 Å². The number of nitrogen functional groups attached to an aromatic ring is 1. The molecule has 0 saturated carbocycles. The third-order valence-corrected chi connectivity index (χ3v) is 3.55. The molecule has 18 heavy (non-hydrogen) atoms. The topological polar surface area (TPSA) is 57.9 Å². The molecule has 1 aliphatic heterocycles. The summed E-state index contributed by atoms with van der Waals surface area (Å²) in [5.74, 6) is 0.630. The first-order valence-electron chi connectivity index (χ1n) is 6.49. The number of piperidine rings is 1. The van der Waals surface area contributed by atoms with E-state index in [0.717, 1.165) is 24.2 Å². The van der Waals surface area contributed by atoms with Crippen molar-refractivity contribution in [3.63, 3.8) is 0 Å². The molecule has 4 heteroatoms. The minimum atomic E-state index is 0.630. The summed E-state index contributed by atoms with van der Waals surface area (Å²) >= 11 is 0. The molecular formula is C14H18N4. The number of aromatic amines is 1. The highest BCUT2D eigenvalue weighted by Gasteiger charge is 2.12. The van der Waals surface area contributed by atoms with Gasteiger partial charge in [-0.3, -0.25) is 5.10 Å². The molecule has 0 atom stereocenters. The van der Waals surface area contributed by atoms with E-state index < -0.39 is 0 Å². The first kappa shape index (κ1) is 11.1. The molecule has 1 saturated heterocycles. The number of anilines is 2. The van der Waals surface area contributed by atoms with Crippen LogP contribution in [0.5, 0.6) is 0 Å². The first-order valence-corrected chi connectivity index (χ1v) is 6.49. The maximum Gasteiger partial charge on any atom is 0.126 e. The summed E-state index contributed by atoms with van der Waals surface area (Å²) in [5.41, 5.74) is 9.26. The number of nitrogens with one attached hydrogen (secondary N) is 1. The Morgan fingerprint density at radius 3 is 2.72 bits per heavy atom. The third-order valence-electron chi connectivity index (χ3n) is 3.55. The van der Waals surface area contributed by atoms with Crippen molar-refractivity contribution in [3.05, 3.63) is 30.5 Å². The first-order chi connectivity index (χ1) is 8.84. The van der Waals surface area contributed by atoms with Crippen LogP contribution in [0.4, 0.5) is 11.5 Å². The second kappa shape index (κ2) is 4.72. The minimum absolute atomic E-state index is 0.630. The number of aromatic nitrogens is 2. The van der Waals surface area contributed by atoms with Crippen molar-refractivity contribution in [2.45, 2.75) is 19.3 Å². The van der Waals surface area contributed by atoms with Crippen molar-refractivity contribution in [3.8, 4) is 11.1 Å². The zero-order valence-corrected chi connectivity index (χ0v) is 10.4. The van der Waals surface area contributed by atoms with Gasteiger partial charge in [0.15, 0.2) is 0 Å². The fourth-order valence-electron chi connectivity index (χ4n) is 2.55. The molecule has 3 N–H and O–H groups in total. The molecule has 0 amide bonds. The van der Waals surface area contributed by atoms with E-state index in [9.17, 15) is 0 Å². The Kier molecular flexibility index (Phi) is 2.92. The zero-order chi connectivity index (χ0) is 12.4. The van der Waals surface area contributed by atoms with Crippen LogP contribution in [0, 0.1) is 0 Å². The van der Waals surface area contributed by atoms with Crippen LogP contribution in [0.3, 0.4) is 0 Å². The van der Waals surface area contributed by atoms with Crippen molar-refractivity contribution in [2.75, 3.05) is 23.7 Å². The summed E-state index contributed by atoms with van der Waals surface area (Å²) < 4.78 is 0. The Bertz CT molecular complexity index is 526. The smallest absolute Gasteiger partial charge is 0.126 e. The second-order valence-corrected chi connectivity index (χ2v) is 4.80. The van der Waals surface area contributed by atoms with Crippen LogP contribution in [0.15, 0.2) is 30.5 Å². The van der Waals surface area contributed by atoms with Gasteiger partial charge in [0.25, 0.3) is 0 Å². The molecular weight excluding hydrogens is 224 g/mol. The third kappa shape index (κ3) is 2.06. The quantitative estimate of drug-likeness (QED) is 0.851. The molecule has 0 spiro atoms. The lowest BCUT2D eigenvalue weighted by Gasteiger charge is -2.29. The molecule has 4 nitrogen and oxygen atoms in total. The van der Waals surface area contributed by atoms with E-state index in [0.29, 0.717) is 5.82 Å². The zero-order valence-electron chi connectivity index (χ0n) is 10.4. The number of hydrogen-bond donors (Lipinski definition) is 2. The molecule has 1 aliphatic rings. The van der Waals surface area contributed by atoms with Crippen LogP contribution in [-0.2, 0) is 0 Å². The molecule has 1 aromatic heterocycles. The predicted octanol–water partition coefficient (Wildman–Crippen LogP) is 2.65.